The van der Waals surface area contributed by atoms with Gasteiger partial charge in [-0.1, -0.05) is 67.1 Å². The quantitative estimate of drug-likeness (QED) is 0.480. The Morgan fingerprint density at radius 1 is 1.25 bits per heavy atom. The molecule has 1 N–H and O–H groups in total. The zero-order valence-corrected chi connectivity index (χ0v) is 11.8. The lowest BCUT2D eigenvalue weighted by Gasteiger charge is -2.40. The van der Waals surface area contributed by atoms with Crippen LogP contribution in [0.3, 0.4) is 0 Å². The Hall–Kier alpha value is -2.09. The van der Waals surface area contributed by atoms with E-state index < -0.39 is 0 Å². The molecule has 2 heteroatoms. The van der Waals surface area contributed by atoms with Crippen LogP contribution in [0.5, 0.6) is 0 Å². The van der Waals surface area contributed by atoms with Crippen LogP contribution in [0, 0.1) is 11.3 Å². The monoisotopic (exact) mass is 265 g/mol. The van der Waals surface area contributed by atoms with Gasteiger partial charge in [0, 0.05) is 17.3 Å². The minimum absolute atomic E-state index is 0.0945. The molecular formula is C18H19NO. The topological polar surface area (TPSA) is 32.6 Å². The van der Waals surface area contributed by atoms with Crippen LogP contribution in [0.4, 0.5) is 0 Å². The third-order valence-electron chi connectivity index (χ3n) is 4.60. The van der Waals surface area contributed by atoms with Crippen molar-refractivity contribution in [2.45, 2.75) is 19.8 Å². The summed E-state index contributed by atoms with van der Waals surface area (Å²) in [6, 6.07) is 8.55. The number of hydrogen-bond donors (Lipinski definition) is 1. The Morgan fingerprint density at radius 3 is 2.85 bits per heavy atom. The molecule has 3 atom stereocenters. The standard InChI is InChI=1S/C18H19NO/c1-13-11-14-7-3-4-9-16(14)17(13)18(2)10-6-5-8-15(18)12-19-20/h3-12,15,17,20H,1-2H3/b19-12+. The Labute approximate surface area is 119 Å². The number of hydrogen-bond acceptors (Lipinski definition) is 2. The summed E-state index contributed by atoms with van der Waals surface area (Å²) in [5, 5.41) is 12.2. The van der Waals surface area contributed by atoms with Gasteiger partial charge in [0.15, 0.2) is 0 Å². The van der Waals surface area contributed by atoms with Gasteiger partial charge in [-0.05, 0) is 18.1 Å². The minimum Gasteiger partial charge on any atom is -0.411 e. The molecule has 2 nitrogen and oxygen atoms in total. The molecule has 3 unspecified atom stereocenters. The van der Waals surface area contributed by atoms with Gasteiger partial charge in [-0.2, -0.15) is 0 Å². The first kappa shape index (κ1) is 12.9. The smallest absolute Gasteiger partial charge is 0.0513 e. The summed E-state index contributed by atoms with van der Waals surface area (Å²) in [6.07, 6.45) is 12.4. The van der Waals surface area contributed by atoms with Crippen LogP contribution < -0.4 is 0 Å². The fourth-order valence-corrected chi connectivity index (χ4v) is 3.64. The molecule has 2 aliphatic carbocycles. The Kier molecular flexibility index (Phi) is 3.09. The molecular weight excluding hydrogens is 246 g/mol. The van der Waals surface area contributed by atoms with Gasteiger partial charge >= 0.3 is 0 Å². The van der Waals surface area contributed by atoms with Gasteiger partial charge in [-0.3, -0.25) is 0 Å². The predicted octanol–water partition coefficient (Wildman–Crippen LogP) is 4.40. The van der Waals surface area contributed by atoms with Crippen LogP contribution in [0.1, 0.15) is 30.9 Å². The summed E-state index contributed by atoms with van der Waals surface area (Å²) in [7, 11) is 0. The van der Waals surface area contributed by atoms with Crippen molar-refractivity contribution in [3.63, 3.8) is 0 Å². The minimum atomic E-state index is -0.103. The highest BCUT2D eigenvalue weighted by Crippen LogP contribution is 2.52. The lowest BCUT2D eigenvalue weighted by Crippen LogP contribution is -2.33. The summed E-state index contributed by atoms with van der Waals surface area (Å²) in [5.74, 6) is 0.417. The SMILES string of the molecule is CC1=Cc2ccccc2C1C1(C)C=CC=CC1/C=N/O. The van der Waals surface area contributed by atoms with E-state index in [2.05, 4.69) is 67.6 Å². The van der Waals surface area contributed by atoms with Crippen molar-refractivity contribution < 1.29 is 5.21 Å². The number of rotatable bonds is 2. The maximum absolute atomic E-state index is 8.95. The molecule has 0 aliphatic heterocycles. The molecule has 0 saturated heterocycles. The lowest BCUT2D eigenvalue weighted by atomic mass is 9.63. The van der Waals surface area contributed by atoms with Crippen molar-refractivity contribution in [3.05, 3.63) is 65.3 Å². The summed E-state index contributed by atoms with van der Waals surface area (Å²) in [6.45, 7) is 4.43. The van der Waals surface area contributed by atoms with Crippen LogP contribution in [-0.2, 0) is 0 Å². The predicted molar refractivity (Wildman–Crippen MR) is 83.0 cm³/mol. The average molecular weight is 265 g/mol. The van der Waals surface area contributed by atoms with Gasteiger partial charge in [0.2, 0.25) is 0 Å². The maximum atomic E-state index is 8.95. The molecule has 0 bridgehead atoms. The van der Waals surface area contributed by atoms with E-state index in [1.54, 1.807) is 6.21 Å². The Morgan fingerprint density at radius 2 is 2.05 bits per heavy atom. The number of oxime groups is 1. The third kappa shape index (κ3) is 1.83. The first-order valence-corrected chi connectivity index (χ1v) is 6.97. The van der Waals surface area contributed by atoms with Gasteiger partial charge < -0.3 is 5.21 Å². The van der Waals surface area contributed by atoms with E-state index in [0.29, 0.717) is 5.92 Å². The van der Waals surface area contributed by atoms with Gasteiger partial charge in [0.25, 0.3) is 0 Å². The molecule has 0 saturated carbocycles. The van der Waals surface area contributed by atoms with Gasteiger partial charge in [-0.15, -0.1) is 5.16 Å². The highest BCUT2D eigenvalue weighted by molar-refractivity contribution is 5.71. The molecule has 2 aliphatic rings. The number of allylic oxidation sites excluding steroid dienone is 5. The van der Waals surface area contributed by atoms with E-state index in [1.807, 2.05) is 6.08 Å². The van der Waals surface area contributed by atoms with E-state index >= 15 is 0 Å². The van der Waals surface area contributed by atoms with E-state index in [4.69, 9.17) is 5.21 Å². The molecule has 0 heterocycles. The van der Waals surface area contributed by atoms with Crippen molar-refractivity contribution in [2.75, 3.05) is 0 Å². The molecule has 0 spiro atoms. The van der Waals surface area contributed by atoms with Gasteiger partial charge in [0.1, 0.15) is 0 Å². The fraction of sp³-hybridized carbons (Fsp3) is 0.278. The first-order chi connectivity index (χ1) is 9.66. The summed E-state index contributed by atoms with van der Waals surface area (Å²) >= 11 is 0. The zero-order valence-electron chi connectivity index (χ0n) is 11.8. The van der Waals surface area contributed by atoms with E-state index in [0.717, 1.165) is 0 Å². The molecule has 0 aromatic heterocycles. The summed E-state index contributed by atoms with van der Waals surface area (Å²) < 4.78 is 0. The number of benzene rings is 1. The second-order valence-electron chi connectivity index (χ2n) is 5.85. The molecule has 0 amide bonds. The number of fused-ring (bicyclic) bond motifs is 1. The molecule has 20 heavy (non-hydrogen) atoms. The maximum Gasteiger partial charge on any atom is 0.0513 e. The second-order valence-corrected chi connectivity index (χ2v) is 5.85. The highest BCUT2D eigenvalue weighted by atomic mass is 16.4. The van der Waals surface area contributed by atoms with Crippen molar-refractivity contribution in [2.24, 2.45) is 16.5 Å². The van der Waals surface area contributed by atoms with Crippen molar-refractivity contribution in [1.29, 1.82) is 0 Å². The van der Waals surface area contributed by atoms with Gasteiger partial charge in [0.05, 0.1) is 6.21 Å². The second kappa shape index (κ2) is 4.78. The molecule has 1 aromatic carbocycles. The lowest BCUT2D eigenvalue weighted by molar-refractivity contribution is 0.297. The van der Waals surface area contributed by atoms with Crippen LogP contribution >= 0.6 is 0 Å². The molecule has 0 fully saturated rings. The molecule has 102 valence electrons. The first-order valence-electron chi connectivity index (χ1n) is 6.97. The van der Waals surface area contributed by atoms with E-state index in [1.165, 1.54) is 16.7 Å². The van der Waals surface area contributed by atoms with E-state index in [-0.39, 0.29) is 11.3 Å². The fourth-order valence-electron chi connectivity index (χ4n) is 3.64. The largest absolute Gasteiger partial charge is 0.411 e. The number of nitrogens with zero attached hydrogens (tertiary/aromatic N) is 1. The Balaban J connectivity index is 2.10. The van der Waals surface area contributed by atoms with Crippen molar-refractivity contribution >= 4 is 12.3 Å². The van der Waals surface area contributed by atoms with Crippen LogP contribution in [0.2, 0.25) is 0 Å². The van der Waals surface area contributed by atoms with Crippen LogP contribution in [0.25, 0.3) is 6.08 Å². The average Bonchev–Trinajstić information content (AvgIpc) is 2.78. The normalized spacial score (nSPS) is 31.6. The molecule has 1 aromatic rings. The highest BCUT2D eigenvalue weighted by Gasteiger charge is 2.42. The van der Waals surface area contributed by atoms with E-state index in [9.17, 15) is 0 Å². The van der Waals surface area contributed by atoms with Crippen molar-refractivity contribution in [1.82, 2.24) is 0 Å². The van der Waals surface area contributed by atoms with Gasteiger partial charge in [-0.25, -0.2) is 0 Å². The summed E-state index contributed by atoms with van der Waals surface area (Å²) in [4.78, 5) is 0. The zero-order chi connectivity index (χ0) is 14.2. The van der Waals surface area contributed by atoms with Crippen molar-refractivity contribution in [3.8, 4) is 0 Å². The Bertz CT molecular complexity index is 639. The molecule has 3 rings (SSSR count). The molecule has 0 radical (unpaired) electrons. The third-order valence-corrected chi connectivity index (χ3v) is 4.60. The van der Waals surface area contributed by atoms with Crippen LogP contribution in [0.15, 0.2) is 59.3 Å². The van der Waals surface area contributed by atoms with Crippen LogP contribution in [-0.4, -0.2) is 11.4 Å². The summed E-state index contributed by atoms with van der Waals surface area (Å²) in [5.41, 5.74) is 3.93.